The third kappa shape index (κ3) is 8.82. The van der Waals surface area contributed by atoms with Gasteiger partial charge in [-0.25, -0.2) is 9.97 Å². The van der Waals surface area contributed by atoms with Gasteiger partial charge in [-0.1, -0.05) is 60.7 Å². The van der Waals surface area contributed by atoms with Crippen LogP contribution < -0.4 is 0 Å². The van der Waals surface area contributed by atoms with E-state index >= 15 is 0 Å². The van der Waals surface area contributed by atoms with Crippen LogP contribution in [0, 0.1) is 20.2 Å². The summed E-state index contributed by atoms with van der Waals surface area (Å²) in [5, 5.41) is 24.5. The molecule has 0 radical (unpaired) electrons. The number of H-pyrrole nitrogens is 1. The molecule has 0 saturated carbocycles. The number of rotatable bonds is 7. The highest BCUT2D eigenvalue weighted by atomic mass is 79.9. The van der Waals surface area contributed by atoms with Crippen molar-refractivity contribution in [1.29, 1.82) is 0 Å². The van der Waals surface area contributed by atoms with Crippen LogP contribution in [0.5, 0.6) is 0 Å². The Kier molecular flexibility index (Phi) is 11.8. The van der Waals surface area contributed by atoms with Gasteiger partial charge in [0, 0.05) is 76.7 Å². The largest absolute Gasteiger partial charge is 0.361 e. The predicted octanol–water partition coefficient (Wildman–Crippen LogP) is 12.3. The minimum absolute atomic E-state index is 0.0921. The maximum atomic E-state index is 11.5. The van der Waals surface area contributed by atoms with Gasteiger partial charge >= 0.3 is 0 Å². The third-order valence-corrected chi connectivity index (χ3v) is 10.2. The molecule has 6 aromatic heterocycles. The summed E-state index contributed by atoms with van der Waals surface area (Å²) in [5.74, 6) is 0.770. The van der Waals surface area contributed by atoms with Crippen LogP contribution in [0.15, 0.2) is 200 Å². The molecule has 0 spiro atoms. The Morgan fingerprint density at radius 2 is 1.08 bits per heavy atom. The van der Waals surface area contributed by atoms with Crippen molar-refractivity contribution >= 4 is 49.1 Å². The number of nitro groups is 2. The molecule has 10 rings (SSSR count). The van der Waals surface area contributed by atoms with E-state index in [4.69, 9.17) is 4.98 Å². The van der Waals surface area contributed by atoms with Crippen molar-refractivity contribution in [2.75, 3.05) is 0 Å². The number of nitrogens with zero attached hydrogens (tertiary/aromatic N) is 7. The van der Waals surface area contributed by atoms with Crippen molar-refractivity contribution in [2.24, 2.45) is 0 Å². The first-order valence-corrected chi connectivity index (χ1v) is 19.7. The van der Waals surface area contributed by atoms with Crippen molar-refractivity contribution in [2.45, 2.75) is 0 Å². The standard InChI is InChI=1S/C24H16N4O2.C14H10N2O2.C10H7BrN2/c29-28(30)23-10-2-1-7-19(23)18-8-3-11-22-20(18)13-15-27(22)24-12-4-9-21(26-24)17-6-5-14-25-16-17;17-16(18)14-7-2-1-4-12(14)10-5-3-6-13-11(10)8-9-15-13;11-10-5-1-4-9(13-10)8-3-2-6-12-7-8/h1-16H;1-9,15H;1-7H. The Hall–Kier alpha value is -8.16. The summed E-state index contributed by atoms with van der Waals surface area (Å²) in [6.07, 6.45) is 10.8. The van der Waals surface area contributed by atoms with Gasteiger partial charge in [0.05, 0.1) is 37.9 Å². The lowest BCUT2D eigenvalue weighted by Crippen LogP contribution is -1.97. The molecule has 13 heteroatoms. The highest BCUT2D eigenvalue weighted by Crippen LogP contribution is 2.37. The maximum absolute atomic E-state index is 11.5. The molecule has 0 aliphatic heterocycles. The van der Waals surface area contributed by atoms with Crippen LogP contribution in [0.4, 0.5) is 11.4 Å². The quantitative estimate of drug-likeness (QED) is 0.0941. The molecule has 0 fully saturated rings. The second-order valence-electron chi connectivity index (χ2n) is 13.4. The summed E-state index contributed by atoms with van der Waals surface area (Å²) in [7, 11) is 0. The lowest BCUT2D eigenvalue weighted by molar-refractivity contribution is -0.384. The topological polar surface area (TPSA) is 159 Å². The number of benzene rings is 4. The van der Waals surface area contributed by atoms with Crippen molar-refractivity contribution in [3.05, 3.63) is 220 Å². The Morgan fingerprint density at radius 3 is 1.69 bits per heavy atom. The summed E-state index contributed by atoms with van der Waals surface area (Å²) in [6, 6.07) is 48.5. The number of hydrogen-bond acceptors (Lipinski definition) is 8. The van der Waals surface area contributed by atoms with Gasteiger partial charge in [-0.2, -0.15) is 0 Å². The van der Waals surface area contributed by atoms with Crippen LogP contribution in [-0.2, 0) is 0 Å². The Balaban J connectivity index is 0.000000140. The van der Waals surface area contributed by atoms with E-state index in [0.29, 0.717) is 11.1 Å². The lowest BCUT2D eigenvalue weighted by atomic mass is 10.0. The van der Waals surface area contributed by atoms with Crippen LogP contribution >= 0.6 is 15.9 Å². The zero-order valence-corrected chi connectivity index (χ0v) is 33.7. The van der Waals surface area contributed by atoms with Crippen LogP contribution in [0.1, 0.15) is 0 Å². The van der Waals surface area contributed by atoms with E-state index in [9.17, 15) is 20.2 Å². The first-order valence-electron chi connectivity index (χ1n) is 18.9. The van der Waals surface area contributed by atoms with Gasteiger partial charge in [-0.05, 0) is 112 Å². The number of pyridine rings is 4. The van der Waals surface area contributed by atoms with Crippen LogP contribution in [0.25, 0.3) is 72.4 Å². The van der Waals surface area contributed by atoms with Gasteiger partial charge < -0.3 is 9.55 Å². The third-order valence-electron chi connectivity index (χ3n) is 9.72. The van der Waals surface area contributed by atoms with Gasteiger partial charge in [0.1, 0.15) is 10.4 Å². The molecule has 0 bridgehead atoms. The maximum Gasteiger partial charge on any atom is 0.277 e. The highest BCUT2D eigenvalue weighted by Gasteiger charge is 2.18. The molecule has 4 aromatic carbocycles. The SMILES string of the molecule is Brc1cccc(-c2cccnc2)n1.O=[N+]([O-])c1ccccc1-c1cccc2[nH]ccc12.O=[N+]([O-])c1ccccc1-c1cccc2c1ccn2-c1cccc(-c2cccnc2)n1. The van der Waals surface area contributed by atoms with E-state index < -0.39 is 0 Å². The van der Waals surface area contributed by atoms with Gasteiger partial charge in [-0.15, -0.1) is 0 Å². The van der Waals surface area contributed by atoms with Crippen LogP contribution in [0.3, 0.4) is 0 Å². The summed E-state index contributed by atoms with van der Waals surface area (Å²) in [6.45, 7) is 0. The molecule has 61 heavy (non-hydrogen) atoms. The minimum atomic E-state index is -0.346. The number of aromatic nitrogens is 6. The van der Waals surface area contributed by atoms with Crippen molar-refractivity contribution in [3.63, 3.8) is 0 Å². The van der Waals surface area contributed by atoms with E-state index in [-0.39, 0.29) is 21.2 Å². The number of halogens is 1. The molecule has 0 aliphatic carbocycles. The number of aromatic amines is 1. The summed E-state index contributed by atoms with van der Waals surface area (Å²) < 4.78 is 2.84. The van der Waals surface area contributed by atoms with Gasteiger partial charge in [0.25, 0.3) is 11.4 Å². The molecular formula is C48H33BrN8O4. The Bertz CT molecular complexity index is 3140. The molecule has 1 N–H and O–H groups in total. The van der Waals surface area contributed by atoms with Gasteiger partial charge in [0.15, 0.2) is 0 Å². The zero-order chi connectivity index (χ0) is 42.1. The highest BCUT2D eigenvalue weighted by molar-refractivity contribution is 9.10. The molecule has 10 aromatic rings. The normalized spacial score (nSPS) is 10.6. The fourth-order valence-corrected chi connectivity index (χ4v) is 7.30. The van der Waals surface area contributed by atoms with E-state index in [2.05, 4.69) is 35.9 Å². The fourth-order valence-electron chi connectivity index (χ4n) is 6.96. The lowest BCUT2D eigenvalue weighted by Gasteiger charge is -2.09. The van der Waals surface area contributed by atoms with Gasteiger partial charge in [-0.3, -0.25) is 30.2 Å². The first-order chi connectivity index (χ1) is 29.9. The van der Waals surface area contributed by atoms with Crippen molar-refractivity contribution < 1.29 is 9.85 Å². The second-order valence-corrected chi connectivity index (χ2v) is 14.2. The smallest absolute Gasteiger partial charge is 0.277 e. The average Bonchev–Trinajstić information content (AvgIpc) is 3.98. The van der Waals surface area contributed by atoms with Crippen molar-refractivity contribution in [1.82, 2.24) is 29.5 Å². The molecular weight excluding hydrogens is 832 g/mol. The molecule has 0 unspecified atom stereocenters. The minimum Gasteiger partial charge on any atom is -0.361 e. The number of nitrogens with one attached hydrogen (secondary N) is 1. The van der Waals surface area contributed by atoms with E-state index in [1.807, 2.05) is 138 Å². The van der Waals surface area contributed by atoms with Gasteiger partial charge in [0.2, 0.25) is 0 Å². The number of fused-ring (bicyclic) bond motifs is 2. The van der Waals surface area contributed by atoms with E-state index in [1.54, 1.807) is 49.1 Å². The summed E-state index contributed by atoms with van der Waals surface area (Å²) in [5.41, 5.74) is 8.81. The monoisotopic (exact) mass is 864 g/mol. The van der Waals surface area contributed by atoms with Crippen molar-refractivity contribution in [3.8, 4) is 50.6 Å². The van der Waals surface area contributed by atoms with E-state index in [0.717, 1.165) is 65.9 Å². The number of hydrogen-bond donors (Lipinski definition) is 1. The number of para-hydroxylation sites is 2. The summed E-state index contributed by atoms with van der Waals surface area (Å²) in [4.78, 5) is 42.3. The molecule has 0 saturated heterocycles. The summed E-state index contributed by atoms with van der Waals surface area (Å²) >= 11 is 3.33. The first kappa shape index (κ1) is 39.7. The van der Waals surface area contributed by atoms with Crippen LogP contribution in [-0.4, -0.2) is 39.3 Å². The predicted molar refractivity (Wildman–Crippen MR) is 242 cm³/mol. The zero-order valence-electron chi connectivity index (χ0n) is 32.1. The van der Waals surface area contributed by atoms with E-state index in [1.165, 1.54) is 12.1 Å². The fraction of sp³-hybridized carbons (Fsp3) is 0. The molecule has 0 amide bonds. The second kappa shape index (κ2) is 18.2. The number of nitro benzene ring substituents is 2. The molecule has 6 heterocycles. The Morgan fingerprint density at radius 1 is 0.525 bits per heavy atom. The molecule has 296 valence electrons. The molecule has 0 aliphatic rings. The average molecular weight is 866 g/mol. The Labute approximate surface area is 357 Å². The van der Waals surface area contributed by atoms with Crippen LogP contribution in [0.2, 0.25) is 0 Å². The molecule has 12 nitrogen and oxygen atoms in total. The molecule has 0 atom stereocenters.